The summed E-state index contributed by atoms with van der Waals surface area (Å²) in [6.07, 6.45) is 2.48. The topological polar surface area (TPSA) is 60.6 Å². The van der Waals surface area contributed by atoms with Crippen LogP contribution in [-0.2, 0) is 0 Å². The molecule has 0 saturated carbocycles. The van der Waals surface area contributed by atoms with E-state index in [1.54, 1.807) is 0 Å². The van der Waals surface area contributed by atoms with Gasteiger partial charge in [0.15, 0.2) is 11.5 Å². The van der Waals surface area contributed by atoms with Crippen LogP contribution in [0.3, 0.4) is 0 Å². The Morgan fingerprint density at radius 2 is 2.14 bits per heavy atom. The molecule has 5 nitrogen and oxygen atoms in total. The molecule has 1 aromatic heterocycles. The van der Waals surface area contributed by atoms with Crippen LogP contribution in [0.25, 0.3) is 10.8 Å². The molecule has 0 bridgehead atoms. The molecule has 21 heavy (non-hydrogen) atoms. The standard InChI is InChI=1S/C15H17N3O2S/c1-2-18(6-4-14(16)21)15-11-8-13-12(19-9-20-13)7-10(11)3-5-17-15/h3,5,7-8H,2,4,6,9H2,1H3,(H2,16,21). The Morgan fingerprint density at radius 1 is 1.38 bits per heavy atom. The highest BCUT2D eigenvalue weighted by Gasteiger charge is 2.17. The van der Waals surface area contributed by atoms with E-state index in [1.807, 2.05) is 24.4 Å². The Labute approximate surface area is 128 Å². The largest absolute Gasteiger partial charge is 0.454 e. The van der Waals surface area contributed by atoms with Gasteiger partial charge in [0, 0.05) is 31.1 Å². The molecule has 3 rings (SSSR count). The quantitative estimate of drug-likeness (QED) is 0.856. The molecule has 0 fully saturated rings. The Hall–Kier alpha value is -2.08. The summed E-state index contributed by atoms with van der Waals surface area (Å²) in [7, 11) is 0. The Kier molecular flexibility index (Phi) is 3.79. The van der Waals surface area contributed by atoms with Crippen LogP contribution in [0.15, 0.2) is 24.4 Å². The van der Waals surface area contributed by atoms with E-state index in [4.69, 9.17) is 27.4 Å². The number of thiocarbonyl (C=S) groups is 1. The third kappa shape index (κ3) is 2.71. The SMILES string of the molecule is CCN(CCC(N)=S)c1nccc2cc3c(cc12)OCO3. The number of hydrogen-bond donors (Lipinski definition) is 1. The second-order valence-electron chi connectivity index (χ2n) is 4.86. The summed E-state index contributed by atoms with van der Waals surface area (Å²) in [6, 6.07) is 5.95. The van der Waals surface area contributed by atoms with Crippen LogP contribution in [0.4, 0.5) is 5.82 Å². The second kappa shape index (κ2) is 5.73. The maximum absolute atomic E-state index is 5.61. The first-order valence-electron chi connectivity index (χ1n) is 6.90. The van der Waals surface area contributed by atoms with Gasteiger partial charge in [0.1, 0.15) is 5.82 Å². The van der Waals surface area contributed by atoms with Gasteiger partial charge >= 0.3 is 0 Å². The lowest BCUT2D eigenvalue weighted by molar-refractivity contribution is 0.174. The third-order valence-corrected chi connectivity index (χ3v) is 3.75. The average Bonchev–Trinajstić information content (AvgIpc) is 2.92. The Balaban J connectivity index is 2.02. The first kappa shape index (κ1) is 13.9. The predicted molar refractivity (Wildman–Crippen MR) is 87.2 cm³/mol. The molecule has 2 aromatic rings. The van der Waals surface area contributed by atoms with E-state index in [0.29, 0.717) is 11.4 Å². The number of nitrogens with two attached hydrogens (primary N) is 1. The van der Waals surface area contributed by atoms with Gasteiger partial charge in [-0.25, -0.2) is 4.98 Å². The second-order valence-corrected chi connectivity index (χ2v) is 5.38. The first-order valence-corrected chi connectivity index (χ1v) is 7.31. The first-order chi connectivity index (χ1) is 10.2. The fraction of sp³-hybridized carbons (Fsp3) is 0.333. The number of fused-ring (bicyclic) bond motifs is 2. The van der Waals surface area contributed by atoms with Crippen molar-refractivity contribution < 1.29 is 9.47 Å². The molecule has 6 heteroatoms. The molecule has 2 heterocycles. The number of anilines is 1. The fourth-order valence-electron chi connectivity index (χ4n) is 2.46. The van der Waals surface area contributed by atoms with E-state index in [-0.39, 0.29) is 6.79 Å². The van der Waals surface area contributed by atoms with Gasteiger partial charge < -0.3 is 20.1 Å². The molecule has 0 aliphatic carbocycles. The smallest absolute Gasteiger partial charge is 0.231 e. The number of rotatable bonds is 5. The van der Waals surface area contributed by atoms with Crippen molar-refractivity contribution in [3.63, 3.8) is 0 Å². The zero-order chi connectivity index (χ0) is 14.8. The summed E-state index contributed by atoms with van der Waals surface area (Å²) in [4.78, 5) is 7.22. The van der Waals surface area contributed by atoms with Crippen molar-refractivity contribution in [2.45, 2.75) is 13.3 Å². The monoisotopic (exact) mass is 303 g/mol. The number of nitrogens with zero attached hydrogens (tertiary/aromatic N) is 2. The maximum atomic E-state index is 5.61. The minimum Gasteiger partial charge on any atom is -0.454 e. The molecule has 1 aliphatic heterocycles. The van der Waals surface area contributed by atoms with Gasteiger partial charge in [-0.1, -0.05) is 12.2 Å². The molecule has 0 saturated heterocycles. The van der Waals surface area contributed by atoms with Gasteiger partial charge in [0.05, 0.1) is 4.99 Å². The number of ether oxygens (including phenoxy) is 2. The van der Waals surface area contributed by atoms with E-state index in [0.717, 1.165) is 41.2 Å². The van der Waals surface area contributed by atoms with Crippen LogP contribution in [0, 0.1) is 0 Å². The van der Waals surface area contributed by atoms with Crippen LogP contribution in [0.1, 0.15) is 13.3 Å². The molecule has 0 amide bonds. The van der Waals surface area contributed by atoms with Crippen molar-refractivity contribution in [3.8, 4) is 11.5 Å². The van der Waals surface area contributed by atoms with Crippen molar-refractivity contribution in [3.05, 3.63) is 24.4 Å². The molecule has 0 unspecified atom stereocenters. The molecule has 110 valence electrons. The van der Waals surface area contributed by atoms with E-state index >= 15 is 0 Å². The summed E-state index contributed by atoms with van der Waals surface area (Å²) >= 11 is 4.97. The molecule has 1 aromatic carbocycles. The molecule has 1 aliphatic rings. The van der Waals surface area contributed by atoms with Gasteiger partial charge in [0.25, 0.3) is 0 Å². The third-order valence-electron chi connectivity index (χ3n) is 3.55. The van der Waals surface area contributed by atoms with E-state index in [1.165, 1.54) is 0 Å². The highest BCUT2D eigenvalue weighted by atomic mass is 32.1. The number of aromatic nitrogens is 1. The molecular weight excluding hydrogens is 286 g/mol. The number of hydrogen-bond acceptors (Lipinski definition) is 5. The summed E-state index contributed by atoms with van der Waals surface area (Å²) in [5, 5.41) is 2.13. The van der Waals surface area contributed by atoms with E-state index in [9.17, 15) is 0 Å². The van der Waals surface area contributed by atoms with E-state index in [2.05, 4.69) is 16.8 Å². The van der Waals surface area contributed by atoms with Crippen LogP contribution in [-0.4, -0.2) is 29.9 Å². The number of benzene rings is 1. The summed E-state index contributed by atoms with van der Waals surface area (Å²) in [5.74, 6) is 2.47. The lowest BCUT2D eigenvalue weighted by atomic mass is 10.1. The van der Waals surface area contributed by atoms with Crippen LogP contribution >= 0.6 is 12.2 Å². The Morgan fingerprint density at radius 3 is 2.86 bits per heavy atom. The minimum atomic E-state index is 0.271. The van der Waals surface area contributed by atoms with E-state index < -0.39 is 0 Å². The van der Waals surface area contributed by atoms with Crippen molar-refractivity contribution in [1.82, 2.24) is 4.98 Å². The van der Waals surface area contributed by atoms with Crippen LogP contribution < -0.4 is 20.1 Å². The van der Waals surface area contributed by atoms with Crippen LogP contribution in [0.5, 0.6) is 11.5 Å². The lowest BCUT2D eigenvalue weighted by Gasteiger charge is -2.23. The zero-order valence-electron chi connectivity index (χ0n) is 11.8. The van der Waals surface area contributed by atoms with Crippen LogP contribution in [0.2, 0.25) is 0 Å². The molecular formula is C15H17N3O2S. The molecule has 0 spiro atoms. The normalized spacial score (nSPS) is 12.6. The average molecular weight is 303 g/mol. The van der Waals surface area contributed by atoms with Gasteiger partial charge in [-0.05, 0) is 30.5 Å². The summed E-state index contributed by atoms with van der Waals surface area (Å²) in [6.45, 7) is 3.95. The Bertz CT molecular complexity index is 690. The summed E-state index contributed by atoms with van der Waals surface area (Å²) in [5.41, 5.74) is 5.61. The molecule has 2 N–H and O–H groups in total. The number of pyridine rings is 1. The molecule has 0 radical (unpaired) electrons. The van der Waals surface area contributed by atoms with Gasteiger partial charge in [-0.3, -0.25) is 0 Å². The highest BCUT2D eigenvalue weighted by molar-refractivity contribution is 7.80. The summed E-state index contributed by atoms with van der Waals surface area (Å²) < 4.78 is 10.9. The fourth-order valence-corrected chi connectivity index (χ4v) is 2.55. The minimum absolute atomic E-state index is 0.271. The highest BCUT2D eigenvalue weighted by Crippen LogP contribution is 2.38. The van der Waals surface area contributed by atoms with Gasteiger partial charge in [-0.2, -0.15) is 0 Å². The lowest BCUT2D eigenvalue weighted by Crippen LogP contribution is -2.28. The molecule has 0 atom stereocenters. The van der Waals surface area contributed by atoms with Gasteiger partial charge in [-0.15, -0.1) is 0 Å². The van der Waals surface area contributed by atoms with Crippen molar-refractivity contribution in [1.29, 1.82) is 0 Å². The van der Waals surface area contributed by atoms with Crippen molar-refractivity contribution in [2.75, 3.05) is 24.8 Å². The van der Waals surface area contributed by atoms with Gasteiger partial charge in [0.2, 0.25) is 6.79 Å². The zero-order valence-corrected chi connectivity index (χ0v) is 12.7. The predicted octanol–water partition coefficient (Wildman–Crippen LogP) is 2.47. The van der Waals surface area contributed by atoms with Crippen molar-refractivity contribution >= 4 is 33.8 Å². The maximum Gasteiger partial charge on any atom is 0.231 e. The van der Waals surface area contributed by atoms with Crippen molar-refractivity contribution in [2.24, 2.45) is 5.73 Å².